The Bertz CT molecular complexity index is 977. The van der Waals surface area contributed by atoms with Gasteiger partial charge < -0.3 is 9.30 Å². The summed E-state index contributed by atoms with van der Waals surface area (Å²) in [7, 11) is 0. The van der Waals surface area contributed by atoms with Gasteiger partial charge in [-0.1, -0.05) is 30.3 Å². The predicted molar refractivity (Wildman–Crippen MR) is 96.7 cm³/mol. The largest absolute Gasteiger partial charge is 0.454 e. The summed E-state index contributed by atoms with van der Waals surface area (Å²) in [5, 5.41) is 0. The van der Waals surface area contributed by atoms with E-state index in [1.807, 2.05) is 44.2 Å². The molecule has 0 spiro atoms. The third kappa shape index (κ3) is 3.31. The van der Waals surface area contributed by atoms with Crippen molar-refractivity contribution < 1.29 is 9.53 Å². The number of carbonyl (C=O) groups is 1. The minimum absolute atomic E-state index is 0.108. The van der Waals surface area contributed by atoms with Crippen LogP contribution >= 0.6 is 0 Å². The Labute approximate surface area is 145 Å². The average molecular weight is 336 g/mol. The van der Waals surface area contributed by atoms with Crippen LogP contribution in [0.15, 0.2) is 53.3 Å². The highest BCUT2D eigenvalue weighted by molar-refractivity contribution is 5.93. The second-order valence-electron chi connectivity index (χ2n) is 5.91. The molecule has 0 amide bonds. The molecule has 5 nitrogen and oxygen atoms in total. The Morgan fingerprint density at radius 3 is 2.60 bits per heavy atom. The van der Waals surface area contributed by atoms with Gasteiger partial charge in [0.2, 0.25) is 0 Å². The quantitative estimate of drug-likeness (QED) is 0.682. The van der Waals surface area contributed by atoms with Gasteiger partial charge in [-0.3, -0.25) is 4.79 Å². The van der Waals surface area contributed by atoms with Crippen LogP contribution in [0.25, 0.3) is 11.0 Å². The third-order valence-electron chi connectivity index (χ3n) is 4.21. The van der Waals surface area contributed by atoms with E-state index in [4.69, 9.17) is 4.74 Å². The lowest BCUT2D eigenvalue weighted by atomic mass is 10.1. The summed E-state index contributed by atoms with van der Waals surface area (Å²) >= 11 is 0. The molecule has 1 aromatic heterocycles. The number of hydrogen-bond acceptors (Lipinski definition) is 4. The number of carbonyl (C=O) groups excluding carboxylic acids is 1. The monoisotopic (exact) mass is 336 g/mol. The number of rotatable bonds is 4. The van der Waals surface area contributed by atoms with Gasteiger partial charge in [0.05, 0.1) is 16.6 Å². The summed E-state index contributed by atoms with van der Waals surface area (Å²) in [6.07, 6.45) is -0.344. The number of hydrogen-bond donors (Lipinski definition) is 0. The zero-order valence-electron chi connectivity index (χ0n) is 14.5. The van der Waals surface area contributed by atoms with E-state index in [0.717, 1.165) is 5.56 Å². The average Bonchev–Trinajstić information content (AvgIpc) is 2.63. The Balaban J connectivity index is 1.92. The van der Waals surface area contributed by atoms with Crippen LogP contribution in [0.4, 0.5) is 0 Å². The zero-order valence-corrected chi connectivity index (χ0v) is 14.5. The van der Waals surface area contributed by atoms with Gasteiger partial charge in [-0.15, -0.1) is 0 Å². The van der Waals surface area contributed by atoms with Crippen LogP contribution in [0.3, 0.4) is 0 Å². The van der Waals surface area contributed by atoms with Gasteiger partial charge in [0.25, 0.3) is 5.56 Å². The van der Waals surface area contributed by atoms with Crippen LogP contribution in [-0.2, 0) is 11.3 Å². The Morgan fingerprint density at radius 1 is 1.20 bits per heavy atom. The van der Waals surface area contributed by atoms with Crippen LogP contribution in [-0.4, -0.2) is 15.5 Å². The summed E-state index contributed by atoms with van der Waals surface area (Å²) in [4.78, 5) is 28.9. The molecule has 1 atom stereocenters. The zero-order chi connectivity index (χ0) is 18.0. The normalized spacial score (nSPS) is 12.1. The van der Waals surface area contributed by atoms with E-state index >= 15 is 0 Å². The number of nitrogens with zero attached hydrogens (tertiary/aromatic N) is 2. The van der Waals surface area contributed by atoms with Crippen LogP contribution in [0.1, 0.15) is 41.6 Å². The molecular formula is C20H20N2O3. The van der Waals surface area contributed by atoms with E-state index in [0.29, 0.717) is 28.8 Å². The van der Waals surface area contributed by atoms with Gasteiger partial charge >= 0.3 is 5.97 Å². The first-order valence-electron chi connectivity index (χ1n) is 8.28. The van der Waals surface area contributed by atoms with Gasteiger partial charge in [-0.25, -0.2) is 9.78 Å². The molecule has 0 saturated carbocycles. The van der Waals surface area contributed by atoms with Gasteiger partial charge in [0.15, 0.2) is 0 Å². The van der Waals surface area contributed by atoms with Crippen LogP contribution in [0, 0.1) is 6.92 Å². The first-order valence-corrected chi connectivity index (χ1v) is 8.28. The maximum Gasteiger partial charge on any atom is 0.338 e. The summed E-state index contributed by atoms with van der Waals surface area (Å²) in [5.41, 5.74) is 2.99. The van der Waals surface area contributed by atoms with Gasteiger partial charge in [-0.05, 0) is 44.5 Å². The molecule has 0 saturated heterocycles. The fraction of sp³-hybridized carbons (Fsp3) is 0.250. The second-order valence-corrected chi connectivity index (χ2v) is 5.91. The summed E-state index contributed by atoms with van der Waals surface area (Å²) < 4.78 is 7.20. The Morgan fingerprint density at radius 2 is 1.92 bits per heavy atom. The van der Waals surface area contributed by atoms with E-state index < -0.39 is 5.97 Å². The van der Waals surface area contributed by atoms with E-state index in [9.17, 15) is 9.59 Å². The summed E-state index contributed by atoms with van der Waals surface area (Å²) in [5.74, 6) is -0.410. The van der Waals surface area contributed by atoms with Crippen molar-refractivity contribution in [3.05, 3.63) is 75.7 Å². The molecule has 0 radical (unpaired) electrons. The van der Waals surface area contributed by atoms with Crippen LogP contribution < -0.4 is 5.56 Å². The van der Waals surface area contributed by atoms with Crippen molar-refractivity contribution in [2.75, 3.05) is 0 Å². The van der Waals surface area contributed by atoms with Crippen molar-refractivity contribution in [3.63, 3.8) is 0 Å². The van der Waals surface area contributed by atoms with Crippen molar-refractivity contribution in [1.82, 2.24) is 9.55 Å². The molecule has 25 heavy (non-hydrogen) atoms. The van der Waals surface area contributed by atoms with Crippen molar-refractivity contribution in [1.29, 1.82) is 0 Å². The molecule has 2 aromatic carbocycles. The number of ether oxygens (including phenoxy) is 1. The number of benzene rings is 2. The fourth-order valence-corrected chi connectivity index (χ4v) is 2.84. The van der Waals surface area contributed by atoms with Gasteiger partial charge in [-0.2, -0.15) is 0 Å². The first-order chi connectivity index (χ1) is 12.0. The highest BCUT2D eigenvalue weighted by atomic mass is 16.5. The van der Waals surface area contributed by atoms with Crippen molar-refractivity contribution >= 4 is 17.0 Å². The maximum atomic E-state index is 12.5. The van der Waals surface area contributed by atoms with E-state index in [2.05, 4.69) is 4.98 Å². The van der Waals surface area contributed by atoms with Gasteiger partial charge in [0, 0.05) is 6.54 Å². The van der Waals surface area contributed by atoms with Crippen molar-refractivity contribution in [2.24, 2.45) is 0 Å². The fourth-order valence-electron chi connectivity index (χ4n) is 2.84. The molecule has 3 rings (SSSR count). The smallest absolute Gasteiger partial charge is 0.338 e. The third-order valence-corrected chi connectivity index (χ3v) is 4.21. The van der Waals surface area contributed by atoms with Crippen molar-refractivity contribution in [2.45, 2.75) is 33.4 Å². The molecule has 0 N–H and O–H groups in total. The molecule has 5 heteroatoms. The molecule has 3 aromatic rings. The summed E-state index contributed by atoms with van der Waals surface area (Å²) in [6.45, 7) is 5.97. The Kier molecular flexibility index (Phi) is 4.65. The molecule has 0 unspecified atom stereocenters. The van der Waals surface area contributed by atoms with E-state index in [1.165, 1.54) is 0 Å². The highest BCUT2D eigenvalue weighted by Crippen LogP contribution is 2.20. The SMILES string of the molecule is CCn1c(=O)c(C)nc2cc(C(=O)O[C@H](C)c3ccccc3)ccc21. The maximum absolute atomic E-state index is 12.5. The Hall–Kier alpha value is -2.95. The molecule has 0 aliphatic carbocycles. The lowest BCUT2D eigenvalue weighted by Gasteiger charge is -2.14. The number of fused-ring (bicyclic) bond motifs is 1. The molecule has 0 fully saturated rings. The molecule has 0 aliphatic rings. The molecular weight excluding hydrogens is 316 g/mol. The van der Waals surface area contributed by atoms with E-state index in [-0.39, 0.29) is 11.7 Å². The number of aromatic nitrogens is 2. The minimum atomic E-state index is -0.410. The standard InChI is InChI=1S/C20H20N2O3/c1-4-22-18-11-10-16(12-17(18)21-13(2)19(22)23)20(24)25-14(3)15-8-6-5-7-9-15/h5-12,14H,4H2,1-3H3/t14-/m1/s1. The summed E-state index contributed by atoms with van der Waals surface area (Å²) in [6, 6.07) is 14.7. The number of esters is 1. The lowest BCUT2D eigenvalue weighted by Crippen LogP contribution is -2.23. The van der Waals surface area contributed by atoms with Gasteiger partial charge in [0.1, 0.15) is 11.8 Å². The molecule has 0 bridgehead atoms. The van der Waals surface area contributed by atoms with Crippen molar-refractivity contribution in [3.8, 4) is 0 Å². The molecule has 128 valence electrons. The molecule has 1 heterocycles. The van der Waals surface area contributed by atoms with Crippen LogP contribution in [0.2, 0.25) is 0 Å². The molecule has 0 aliphatic heterocycles. The number of aryl methyl sites for hydroxylation is 2. The highest BCUT2D eigenvalue weighted by Gasteiger charge is 2.15. The predicted octanol–water partition coefficient (Wildman–Crippen LogP) is 3.64. The minimum Gasteiger partial charge on any atom is -0.454 e. The topological polar surface area (TPSA) is 61.2 Å². The second kappa shape index (κ2) is 6.89. The lowest BCUT2D eigenvalue weighted by molar-refractivity contribution is 0.0338. The van der Waals surface area contributed by atoms with E-state index in [1.54, 1.807) is 29.7 Å². The first kappa shape index (κ1) is 16.9. The van der Waals surface area contributed by atoms with Crippen LogP contribution in [0.5, 0.6) is 0 Å².